The van der Waals surface area contributed by atoms with Gasteiger partial charge in [0.15, 0.2) is 5.78 Å². The first-order chi connectivity index (χ1) is 14.6. The number of nitrogens with zero attached hydrogens (tertiary/aromatic N) is 2. The Labute approximate surface area is 178 Å². The van der Waals surface area contributed by atoms with Crippen LogP contribution in [0.2, 0.25) is 0 Å². The minimum Gasteiger partial charge on any atom is -0.494 e. The second-order valence-corrected chi connectivity index (χ2v) is 8.25. The van der Waals surface area contributed by atoms with Gasteiger partial charge in [-0.15, -0.1) is 0 Å². The number of ketones is 1. The quantitative estimate of drug-likeness (QED) is 0.526. The van der Waals surface area contributed by atoms with Crippen LogP contribution in [-0.4, -0.2) is 27.7 Å². The van der Waals surface area contributed by atoms with E-state index < -0.39 is 11.7 Å². The summed E-state index contributed by atoms with van der Waals surface area (Å²) in [6.07, 6.45) is -2.75. The summed E-state index contributed by atoms with van der Waals surface area (Å²) in [7, 11) is 0. The standard InChI is InChI=1S/C24H23F3N2O2/c1-13-8-14(2)10-18(9-13)29-20-11-17(24(25,26)27)6-7-19(20)22(23(29)31)15(3)28-12-21(30)16-4-5-16/h6-11,16,31H,4-5,12H2,1-3H3. The maximum absolute atomic E-state index is 13.4. The van der Waals surface area contributed by atoms with Crippen molar-refractivity contribution in [3.8, 4) is 11.6 Å². The molecule has 0 spiro atoms. The highest BCUT2D eigenvalue weighted by Gasteiger charge is 2.32. The van der Waals surface area contributed by atoms with Gasteiger partial charge in [0.2, 0.25) is 5.88 Å². The Morgan fingerprint density at radius 2 is 1.77 bits per heavy atom. The fourth-order valence-corrected chi connectivity index (χ4v) is 3.96. The van der Waals surface area contributed by atoms with Gasteiger partial charge in [0.1, 0.15) is 0 Å². The summed E-state index contributed by atoms with van der Waals surface area (Å²) < 4.78 is 41.6. The van der Waals surface area contributed by atoms with Crippen molar-refractivity contribution < 1.29 is 23.1 Å². The third-order valence-corrected chi connectivity index (χ3v) is 5.60. The maximum Gasteiger partial charge on any atom is 0.416 e. The second kappa shape index (κ2) is 7.55. The van der Waals surface area contributed by atoms with E-state index >= 15 is 0 Å². The number of rotatable bonds is 5. The Bertz CT molecular complexity index is 1200. The Balaban J connectivity index is 1.93. The lowest BCUT2D eigenvalue weighted by Crippen LogP contribution is -2.07. The lowest BCUT2D eigenvalue weighted by molar-refractivity contribution is -0.137. The van der Waals surface area contributed by atoms with E-state index in [4.69, 9.17) is 0 Å². The average molecular weight is 428 g/mol. The van der Waals surface area contributed by atoms with Crippen molar-refractivity contribution in [1.82, 2.24) is 4.57 Å². The molecule has 1 N–H and O–H groups in total. The van der Waals surface area contributed by atoms with Crippen molar-refractivity contribution in [1.29, 1.82) is 0 Å². The van der Waals surface area contributed by atoms with E-state index in [-0.39, 0.29) is 29.6 Å². The van der Waals surface area contributed by atoms with Crippen LogP contribution in [0.5, 0.6) is 5.88 Å². The van der Waals surface area contributed by atoms with E-state index in [0.29, 0.717) is 22.3 Å². The highest BCUT2D eigenvalue weighted by molar-refractivity contribution is 6.13. The zero-order valence-electron chi connectivity index (χ0n) is 17.5. The first kappa shape index (κ1) is 21.2. The van der Waals surface area contributed by atoms with E-state index in [1.165, 1.54) is 10.6 Å². The minimum absolute atomic E-state index is 0.00675. The van der Waals surface area contributed by atoms with E-state index in [2.05, 4.69) is 4.99 Å². The number of carbonyl (C=O) groups excluding carboxylic acids is 1. The van der Waals surface area contributed by atoms with Gasteiger partial charge in [0.25, 0.3) is 0 Å². The van der Waals surface area contributed by atoms with Crippen molar-refractivity contribution in [2.24, 2.45) is 10.9 Å². The molecule has 0 saturated heterocycles. The molecule has 2 aromatic carbocycles. The van der Waals surface area contributed by atoms with Crippen LogP contribution < -0.4 is 0 Å². The molecule has 31 heavy (non-hydrogen) atoms. The van der Waals surface area contributed by atoms with Crippen LogP contribution in [0.3, 0.4) is 0 Å². The predicted octanol–water partition coefficient (Wildman–Crippen LogP) is 5.76. The van der Waals surface area contributed by atoms with Gasteiger partial charge in [-0.05, 0) is 69.0 Å². The van der Waals surface area contributed by atoms with Crippen LogP contribution in [-0.2, 0) is 11.0 Å². The molecule has 0 radical (unpaired) electrons. The number of benzene rings is 2. The molecule has 7 heteroatoms. The molecule has 3 aromatic rings. The highest BCUT2D eigenvalue weighted by atomic mass is 19.4. The van der Waals surface area contributed by atoms with Crippen molar-refractivity contribution in [3.63, 3.8) is 0 Å². The summed E-state index contributed by atoms with van der Waals surface area (Å²) in [5, 5.41) is 11.6. The fraction of sp³-hybridized carbons (Fsp3) is 0.333. The molecule has 1 aliphatic carbocycles. The Kier molecular flexibility index (Phi) is 5.15. The minimum atomic E-state index is -4.51. The fourth-order valence-electron chi connectivity index (χ4n) is 3.96. The van der Waals surface area contributed by atoms with Crippen LogP contribution in [0.25, 0.3) is 16.6 Å². The molecule has 0 unspecified atom stereocenters. The summed E-state index contributed by atoms with van der Waals surface area (Å²) >= 11 is 0. The summed E-state index contributed by atoms with van der Waals surface area (Å²) in [5.74, 6) is -0.0770. The number of Topliss-reactive ketones (excluding diaryl/α,β-unsaturated/α-hetero) is 1. The summed E-state index contributed by atoms with van der Waals surface area (Å²) in [6.45, 7) is 5.44. The zero-order valence-corrected chi connectivity index (χ0v) is 17.5. The van der Waals surface area contributed by atoms with Gasteiger partial charge in [0, 0.05) is 22.7 Å². The number of aliphatic imine (C=N–C) groups is 1. The zero-order chi connectivity index (χ0) is 22.5. The largest absolute Gasteiger partial charge is 0.494 e. The van der Waals surface area contributed by atoms with Crippen molar-refractivity contribution >= 4 is 22.4 Å². The first-order valence-corrected chi connectivity index (χ1v) is 10.1. The summed E-state index contributed by atoms with van der Waals surface area (Å²) in [5.41, 5.74) is 2.59. The van der Waals surface area contributed by atoms with Crippen molar-refractivity contribution in [2.75, 3.05) is 6.54 Å². The number of carbonyl (C=O) groups is 1. The molecular weight excluding hydrogens is 405 g/mol. The number of aromatic nitrogens is 1. The van der Waals surface area contributed by atoms with Crippen LogP contribution in [0.15, 0.2) is 41.4 Å². The number of aromatic hydroxyl groups is 1. The monoisotopic (exact) mass is 428 g/mol. The second-order valence-electron chi connectivity index (χ2n) is 8.25. The molecule has 0 aliphatic heterocycles. The lowest BCUT2D eigenvalue weighted by atomic mass is 10.1. The maximum atomic E-state index is 13.4. The Morgan fingerprint density at radius 1 is 1.13 bits per heavy atom. The molecule has 1 fully saturated rings. The van der Waals surface area contributed by atoms with Gasteiger partial charge in [0.05, 0.1) is 23.2 Å². The average Bonchev–Trinajstić information content (AvgIpc) is 3.47. The summed E-state index contributed by atoms with van der Waals surface area (Å²) in [6, 6.07) is 8.95. The van der Waals surface area contributed by atoms with Gasteiger partial charge in [-0.3, -0.25) is 14.4 Å². The number of fused-ring (bicyclic) bond motifs is 1. The normalized spacial score (nSPS) is 15.0. The van der Waals surface area contributed by atoms with Crippen molar-refractivity contribution in [2.45, 2.75) is 39.8 Å². The SMILES string of the molecule is CC(=NCC(=O)C1CC1)c1c(O)n(-c2cc(C)cc(C)c2)c2cc(C(F)(F)F)ccc12. The molecule has 1 aromatic heterocycles. The molecule has 4 nitrogen and oxygen atoms in total. The van der Waals surface area contributed by atoms with Crippen LogP contribution >= 0.6 is 0 Å². The number of aryl methyl sites for hydroxylation is 2. The third kappa shape index (κ3) is 4.09. The van der Waals surface area contributed by atoms with Gasteiger partial charge in [-0.2, -0.15) is 13.2 Å². The predicted molar refractivity (Wildman–Crippen MR) is 114 cm³/mol. The number of halogens is 3. The first-order valence-electron chi connectivity index (χ1n) is 10.1. The molecule has 0 atom stereocenters. The van der Waals surface area contributed by atoms with E-state index in [9.17, 15) is 23.1 Å². The molecule has 1 saturated carbocycles. The lowest BCUT2D eigenvalue weighted by Gasteiger charge is -2.11. The third-order valence-electron chi connectivity index (χ3n) is 5.60. The van der Waals surface area contributed by atoms with Gasteiger partial charge >= 0.3 is 6.18 Å². The number of hydrogen-bond donors (Lipinski definition) is 1. The molecule has 1 aliphatic rings. The Hall–Kier alpha value is -3.09. The van der Waals surface area contributed by atoms with Gasteiger partial charge in [-0.25, -0.2) is 0 Å². The Morgan fingerprint density at radius 3 is 2.35 bits per heavy atom. The van der Waals surface area contributed by atoms with Gasteiger partial charge in [-0.1, -0.05) is 12.1 Å². The van der Waals surface area contributed by atoms with Crippen molar-refractivity contribution in [3.05, 3.63) is 58.7 Å². The number of alkyl halides is 3. The van der Waals surface area contributed by atoms with Crippen LogP contribution in [0.4, 0.5) is 13.2 Å². The van der Waals surface area contributed by atoms with Crippen LogP contribution in [0.1, 0.15) is 42.0 Å². The summed E-state index contributed by atoms with van der Waals surface area (Å²) in [4.78, 5) is 16.4. The van der Waals surface area contributed by atoms with E-state index in [1.54, 1.807) is 19.1 Å². The smallest absolute Gasteiger partial charge is 0.416 e. The molecule has 0 bridgehead atoms. The van der Waals surface area contributed by atoms with Gasteiger partial charge < -0.3 is 5.11 Å². The molecular formula is C24H23F3N2O2. The van der Waals surface area contributed by atoms with E-state index in [0.717, 1.165) is 36.1 Å². The topological polar surface area (TPSA) is 54.6 Å². The molecule has 162 valence electrons. The molecule has 4 rings (SSSR count). The van der Waals surface area contributed by atoms with Crippen LogP contribution in [0, 0.1) is 19.8 Å². The van der Waals surface area contributed by atoms with E-state index in [1.807, 2.05) is 19.9 Å². The molecule has 0 amide bonds. The number of hydrogen-bond acceptors (Lipinski definition) is 3. The highest BCUT2D eigenvalue weighted by Crippen LogP contribution is 2.39. The molecule has 1 heterocycles.